The van der Waals surface area contributed by atoms with E-state index in [0.717, 1.165) is 37.9 Å². The van der Waals surface area contributed by atoms with Crippen molar-refractivity contribution in [3.63, 3.8) is 0 Å². The number of thiophene rings is 2. The molecule has 6 aromatic heterocycles. The minimum absolute atomic E-state index is 0.688. The van der Waals surface area contributed by atoms with E-state index in [9.17, 15) is 0 Å². The molecular weight excluding hydrogens is 721 g/mol. The Kier molecular flexibility index (Phi) is 5.51. The Hall–Kier alpha value is -6.86. The smallest absolute Gasteiger partial charge is 0.235 e. The highest BCUT2D eigenvalue weighted by atomic mass is 32.1. The van der Waals surface area contributed by atoms with Crippen LogP contribution < -0.4 is 0 Å². The highest BCUT2D eigenvalue weighted by Gasteiger charge is 2.27. The fourth-order valence-corrected chi connectivity index (χ4v) is 12.0. The molecule has 0 radical (unpaired) electrons. The highest BCUT2D eigenvalue weighted by molar-refractivity contribution is 7.26. The molecule has 0 aliphatic carbocycles. The summed E-state index contributed by atoms with van der Waals surface area (Å²) in [5.41, 5.74) is 11.4. The molecule has 0 bridgehead atoms. The fourth-order valence-electron chi connectivity index (χ4n) is 9.74. The number of aromatic nitrogens is 4. The van der Waals surface area contributed by atoms with Crippen molar-refractivity contribution in [3.05, 3.63) is 158 Å². The molecule has 4 nitrogen and oxygen atoms in total. The van der Waals surface area contributed by atoms with E-state index in [2.05, 4.69) is 167 Å². The second-order valence-electron chi connectivity index (χ2n) is 14.9. The number of fused-ring (bicyclic) bond motifs is 8. The molecule has 14 rings (SSSR count). The lowest BCUT2D eigenvalue weighted by Crippen LogP contribution is -2.03. The number of para-hydroxylation sites is 1. The molecule has 0 fully saturated rings. The Balaban J connectivity index is 1.09. The Labute approximate surface area is 326 Å². The summed E-state index contributed by atoms with van der Waals surface area (Å²) in [4.78, 5) is 11.1. The van der Waals surface area contributed by atoms with Crippen molar-refractivity contribution in [2.75, 3.05) is 0 Å². The van der Waals surface area contributed by atoms with Crippen LogP contribution in [0.25, 0.3) is 129 Å². The van der Waals surface area contributed by atoms with Gasteiger partial charge in [-0.15, -0.1) is 22.7 Å². The van der Waals surface area contributed by atoms with E-state index >= 15 is 0 Å². The van der Waals surface area contributed by atoms with Gasteiger partial charge < -0.3 is 4.40 Å². The first-order chi connectivity index (χ1) is 27.8. The monoisotopic (exact) mass is 746 g/mol. The molecule has 0 saturated carbocycles. The first-order valence-corrected chi connectivity index (χ1v) is 20.5. The summed E-state index contributed by atoms with van der Waals surface area (Å²) < 4.78 is 9.78. The maximum Gasteiger partial charge on any atom is 0.235 e. The van der Waals surface area contributed by atoms with E-state index in [1.807, 2.05) is 11.3 Å². The van der Waals surface area contributed by atoms with Crippen LogP contribution in [0.5, 0.6) is 0 Å². The van der Waals surface area contributed by atoms with Gasteiger partial charge in [0.15, 0.2) is 0 Å². The van der Waals surface area contributed by atoms with E-state index in [-0.39, 0.29) is 0 Å². The average Bonchev–Trinajstić information content (AvgIpc) is 3.98. The van der Waals surface area contributed by atoms with E-state index in [4.69, 9.17) is 9.97 Å². The first kappa shape index (κ1) is 29.5. The van der Waals surface area contributed by atoms with E-state index in [0.29, 0.717) is 5.95 Å². The van der Waals surface area contributed by atoms with Crippen LogP contribution in [-0.2, 0) is 0 Å². The van der Waals surface area contributed by atoms with Crippen molar-refractivity contribution < 1.29 is 0 Å². The van der Waals surface area contributed by atoms with Gasteiger partial charge in [-0.05, 0) is 64.4 Å². The zero-order chi connectivity index (χ0) is 36.2. The van der Waals surface area contributed by atoms with Gasteiger partial charge in [0.1, 0.15) is 0 Å². The molecule has 0 spiro atoms. The maximum atomic E-state index is 5.57. The minimum atomic E-state index is 0.688. The molecule has 6 heteroatoms. The van der Waals surface area contributed by atoms with Crippen LogP contribution in [0, 0.1) is 0 Å². The van der Waals surface area contributed by atoms with Crippen LogP contribution in [0.15, 0.2) is 158 Å². The van der Waals surface area contributed by atoms with Crippen molar-refractivity contribution >= 4 is 123 Å². The summed E-state index contributed by atoms with van der Waals surface area (Å²) in [6.07, 6.45) is 0. The molecule has 0 atom stereocenters. The summed E-state index contributed by atoms with van der Waals surface area (Å²) in [5.74, 6) is 0.688. The lowest BCUT2D eigenvalue weighted by molar-refractivity contribution is 1.02. The number of rotatable bonds is 3. The standard InChI is InChI=1S/C50H26N4S2/c1-2-11-30-27(9-1)10-7-14-31(30)28-19-21-29(22-20-28)46-49-47(34-13-4-6-18-39(34)56-49)52-50(51-46)54-37-17-8-16-36-42(37)43-38(54)24-26-40-44(43)45-41(55-40)25-23-33-32-12-3-5-15-35(32)53(36)48(33)45/h1-26H. The number of hydrogen-bond donors (Lipinski definition) is 0. The van der Waals surface area contributed by atoms with Crippen LogP contribution in [0.2, 0.25) is 0 Å². The van der Waals surface area contributed by atoms with E-state index in [1.54, 1.807) is 11.3 Å². The third kappa shape index (κ3) is 3.64. The zero-order valence-corrected chi connectivity index (χ0v) is 31.2. The van der Waals surface area contributed by atoms with Crippen LogP contribution in [0.1, 0.15) is 0 Å². The van der Waals surface area contributed by atoms with Gasteiger partial charge in [0, 0.05) is 57.4 Å². The second kappa shape index (κ2) is 10.5. The Bertz CT molecular complexity index is 3930. The molecule has 0 saturated heterocycles. The van der Waals surface area contributed by atoms with Crippen LogP contribution in [0.4, 0.5) is 0 Å². The van der Waals surface area contributed by atoms with Gasteiger partial charge in [0.05, 0.1) is 43.5 Å². The molecule has 56 heavy (non-hydrogen) atoms. The third-order valence-corrected chi connectivity index (χ3v) is 14.4. The molecule has 0 unspecified atom stereocenters. The van der Waals surface area contributed by atoms with Gasteiger partial charge >= 0.3 is 0 Å². The number of benzene rings is 8. The zero-order valence-electron chi connectivity index (χ0n) is 29.6. The first-order valence-electron chi connectivity index (χ1n) is 18.9. The quantitative estimate of drug-likeness (QED) is 0.180. The van der Waals surface area contributed by atoms with Gasteiger partial charge in [-0.1, -0.05) is 115 Å². The Morgan fingerprint density at radius 2 is 1.11 bits per heavy atom. The fraction of sp³-hybridized carbons (Fsp3) is 0. The summed E-state index contributed by atoms with van der Waals surface area (Å²) in [7, 11) is 0. The predicted octanol–water partition coefficient (Wildman–Crippen LogP) is 14.2. The summed E-state index contributed by atoms with van der Waals surface area (Å²) >= 11 is 3.67. The molecule has 14 aromatic rings. The van der Waals surface area contributed by atoms with Gasteiger partial charge in [-0.2, -0.15) is 0 Å². The summed E-state index contributed by atoms with van der Waals surface area (Å²) in [6, 6.07) is 57.6. The normalized spacial score (nSPS) is 12.6. The highest BCUT2D eigenvalue weighted by Crippen LogP contribution is 2.50. The Morgan fingerprint density at radius 3 is 2.04 bits per heavy atom. The lowest BCUT2D eigenvalue weighted by Gasteiger charge is -2.11. The maximum absolute atomic E-state index is 5.57. The second-order valence-corrected chi connectivity index (χ2v) is 17.0. The minimum Gasteiger partial charge on any atom is -0.308 e. The molecule has 8 aromatic carbocycles. The molecule has 6 heterocycles. The van der Waals surface area contributed by atoms with Crippen LogP contribution in [0.3, 0.4) is 0 Å². The van der Waals surface area contributed by atoms with Crippen molar-refractivity contribution in [3.8, 4) is 28.3 Å². The van der Waals surface area contributed by atoms with Crippen molar-refractivity contribution in [2.24, 2.45) is 0 Å². The van der Waals surface area contributed by atoms with E-state index < -0.39 is 0 Å². The van der Waals surface area contributed by atoms with E-state index in [1.165, 1.54) is 84.9 Å². The number of nitrogens with zero attached hydrogens (tertiary/aromatic N) is 4. The molecular formula is C50H26N4S2. The molecule has 0 aliphatic heterocycles. The van der Waals surface area contributed by atoms with Crippen molar-refractivity contribution in [1.29, 1.82) is 0 Å². The summed E-state index contributed by atoms with van der Waals surface area (Å²) in [5, 5.41) is 11.4. The lowest BCUT2D eigenvalue weighted by atomic mass is 9.97. The number of hydrogen-bond acceptors (Lipinski definition) is 4. The summed E-state index contributed by atoms with van der Waals surface area (Å²) in [6.45, 7) is 0. The van der Waals surface area contributed by atoms with Crippen LogP contribution in [-0.4, -0.2) is 18.9 Å². The largest absolute Gasteiger partial charge is 0.308 e. The molecule has 0 N–H and O–H groups in total. The topological polar surface area (TPSA) is 35.1 Å². The predicted molar refractivity (Wildman–Crippen MR) is 239 cm³/mol. The van der Waals surface area contributed by atoms with Crippen LogP contribution >= 0.6 is 22.7 Å². The third-order valence-electron chi connectivity index (χ3n) is 12.1. The average molecular weight is 747 g/mol. The molecule has 258 valence electrons. The van der Waals surface area contributed by atoms with Gasteiger partial charge in [0.2, 0.25) is 5.95 Å². The van der Waals surface area contributed by atoms with Gasteiger partial charge in [-0.25, -0.2) is 9.97 Å². The van der Waals surface area contributed by atoms with Crippen molar-refractivity contribution in [2.45, 2.75) is 0 Å². The van der Waals surface area contributed by atoms with Gasteiger partial charge in [-0.3, -0.25) is 4.57 Å². The molecule has 0 amide bonds. The van der Waals surface area contributed by atoms with Gasteiger partial charge in [0.25, 0.3) is 0 Å². The SMILES string of the molecule is c1ccc2c(-c3ccc(-c4nc(-n5c6ccc7sc8ccc9c%10ccccc%10n%10c%11cccc5c%11c6c7c8c9%10)nc5c4sc4ccccc45)cc3)cccc2c1. The van der Waals surface area contributed by atoms with Crippen molar-refractivity contribution in [1.82, 2.24) is 18.9 Å². The Morgan fingerprint density at radius 1 is 0.411 bits per heavy atom. The molecule has 0 aliphatic rings.